The Bertz CT molecular complexity index is 869. The SMILES string of the molecule is CCC1CSC(c2nc3ccc4cc(O)ccc4c3s2)=N1. The van der Waals surface area contributed by atoms with Gasteiger partial charge in [0.25, 0.3) is 0 Å². The number of aliphatic imine (C=N–C) groups is 1. The molecule has 0 fully saturated rings. The molecule has 1 N–H and O–H groups in total. The monoisotopic (exact) mass is 314 g/mol. The molecule has 1 unspecified atom stereocenters. The Morgan fingerprint density at radius 1 is 1.29 bits per heavy atom. The molecule has 3 nitrogen and oxygen atoms in total. The molecule has 0 radical (unpaired) electrons. The summed E-state index contributed by atoms with van der Waals surface area (Å²) in [6.07, 6.45) is 1.09. The minimum absolute atomic E-state index is 0.299. The van der Waals surface area contributed by atoms with Crippen molar-refractivity contribution in [1.82, 2.24) is 4.98 Å². The van der Waals surface area contributed by atoms with E-state index >= 15 is 0 Å². The van der Waals surface area contributed by atoms with E-state index in [4.69, 9.17) is 9.98 Å². The summed E-state index contributed by atoms with van der Waals surface area (Å²) in [5.74, 6) is 1.37. The van der Waals surface area contributed by atoms with Crippen LogP contribution < -0.4 is 0 Å². The van der Waals surface area contributed by atoms with Gasteiger partial charge in [-0.05, 0) is 36.1 Å². The molecule has 4 rings (SSSR count). The fourth-order valence-electron chi connectivity index (χ4n) is 2.53. The van der Waals surface area contributed by atoms with E-state index in [2.05, 4.69) is 6.92 Å². The first-order valence-corrected chi connectivity index (χ1v) is 8.78. The number of hydrogen-bond donors (Lipinski definition) is 1. The molecule has 0 saturated heterocycles. The first kappa shape index (κ1) is 13.1. The quantitative estimate of drug-likeness (QED) is 0.761. The van der Waals surface area contributed by atoms with E-state index < -0.39 is 0 Å². The van der Waals surface area contributed by atoms with Crippen molar-refractivity contribution in [3.05, 3.63) is 35.3 Å². The molecular formula is C16H14N2OS2. The molecule has 106 valence electrons. The molecule has 3 aromatic rings. The Labute approximate surface area is 130 Å². The lowest BCUT2D eigenvalue weighted by molar-refractivity contribution is 0.476. The van der Waals surface area contributed by atoms with E-state index in [1.54, 1.807) is 23.5 Å². The smallest absolute Gasteiger partial charge is 0.149 e. The van der Waals surface area contributed by atoms with E-state index in [0.717, 1.165) is 38.5 Å². The molecule has 1 aliphatic rings. The highest BCUT2D eigenvalue weighted by Gasteiger charge is 2.21. The van der Waals surface area contributed by atoms with Crippen LogP contribution in [0.25, 0.3) is 21.0 Å². The Morgan fingerprint density at radius 2 is 2.19 bits per heavy atom. The summed E-state index contributed by atoms with van der Waals surface area (Å²) in [4.78, 5) is 9.49. The number of benzene rings is 2. The summed E-state index contributed by atoms with van der Waals surface area (Å²) >= 11 is 3.51. The normalized spacial score (nSPS) is 18.5. The number of aromatic nitrogens is 1. The number of phenols is 1. The predicted octanol–water partition coefficient (Wildman–Crippen LogP) is 4.43. The lowest BCUT2D eigenvalue weighted by atomic mass is 10.1. The molecule has 0 aliphatic carbocycles. The number of thiazole rings is 1. The van der Waals surface area contributed by atoms with Crippen LogP contribution in [0.2, 0.25) is 0 Å². The highest BCUT2D eigenvalue weighted by Crippen LogP contribution is 2.35. The Balaban J connectivity index is 1.88. The Kier molecular flexibility index (Phi) is 3.12. The predicted molar refractivity (Wildman–Crippen MR) is 91.9 cm³/mol. The van der Waals surface area contributed by atoms with E-state index in [9.17, 15) is 5.11 Å². The maximum absolute atomic E-state index is 9.60. The van der Waals surface area contributed by atoms with Gasteiger partial charge in [-0.1, -0.05) is 13.0 Å². The van der Waals surface area contributed by atoms with Crippen LogP contribution in [-0.2, 0) is 0 Å². The van der Waals surface area contributed by atoms with Crippen molar-refractivity contribution in [2.75, 3.05) is 5.75 Å². The average Bonchev–Trinajstić information content (AvgIpc) is 3.12. The van der Waals surface area contributed by atoms with Gasteiger partial charge in [0.2, 0.25) is 0 Å². The van der Waals surface area contributed by atoms with Crippen molar-refractivity contribution < 1.29 is 5.11 Å². The van der Waals surface area contributed by atoms with Crippen molar-refractivity contribution in [3.8, 4) is 5.75 Å². The van der Waals surface area contributed by atoms with Crippen LogP contribution in [0.15, 0.2) is 35.3 Å². The largest absolute Gasteiger partial charge is 0.508 e. The molecule has 1 aliphatic heterocycles. The summed E-state index contributed by atoms with van der Waals surface area (Å²) < 4.78 is 1.17. The third kappa shape index (κ3) is 2.21. The summed E-state index contributed by atoms with van der Waals surface area (Å²) in [6, 6.07) is 9.96. The summed E-state index contributed by atoms with van der Waals surface area (Å²) in [7, 11) is 0. The highest BCUT2D eigenvalue weighted by molar-refractivity contribution is 8.15. The minimum Gasteiger partial charge on any atom is -0.508 e. The third-order valence-corrected chi connectivity index (χ3v) is 6.08. The van der Waals surface area contributed by atoms with Gasteiger partial charge in [0.1, 0.15) is 15.8 Å². The van der Waals surface area contributed by atoms with Crippen molar-refractivity contribution in [2.24, 2.45) is 4.99 Å². The number of rotatable bonds is 2. The standard InChI is InChI=1S/C16H14N2OS2/c1-2-10-8-20-15(17-10)16-18-13-6-3-9-7-11(19)4-5-12(9)14(13)21-16/h3-7,10,19H,2,8H2,1H3. The van der Waals surface area contributed by atoms with Gasteiger partial charge in [0.15, 0.2) is 0 Å². The van der Waals surface area contributed by atoms with Gasteiger partial charge in [-0.15, -0.1) is 23.1 Å². The molecule has 1 aromatic heterocycles. The highest BCUT2D eigenvalue weighted by atomic mass is 32.2. The summed E-state index contributed by atoms with van der Waals surface area (Å²) in [5, 5.41) is 13.9. The van der Waals surface area contributed by atoms with Crippen LogP contribution in [0.5, 0.6) is 5.75 Å². The van der Waals surface area contributed by atoms with Crippen LogP contribution in [0.3, 0.4) is 0 Å². The topological polar surface area (TPSA) is 45.5 Å². The maximum atomic E-state index is 9.60. The van der Waals surface area contributed by atoms with Crippen LogP contribution in [0, 0.1) is 0 Å². The van der Waals surface area contributed by atoms with Gasteiger partial charge in [-0.2, -0.15) is 0 Å². The Morgan fingerprint density at radius 3 is 3.00 bits per heavy atom. The van der Waals surface area contributed by atoms with Gasteiger partial charge in [0.05, 0.1) is 16.3 Å². The van der Waals surface area contributed by atoms with Crippen molar-refractivity contribution >= 4 is 49.1 Å². The molecule has 5 heteroatoms. The van der Waals surface area contributed by atoms with E-state index in [1.807, 2.05) is 30.0 Å². The summed E-state index contributed by atoms with van der Waals surface area (Å²) in [5.41, 5.74) is 1.01. The number of aromatic hydroxyl groups is 1. The molecule has 0 bridgehead atoms. The van der Waals surface area contributed by atoms with E-state index in [0.29, 0.717) is 11.8 Å². The minimum atomic E-state index is 0.299. The second-order valence-corrected chi connectivity index (χ2v) is 7.15. The zero-order valence-corrected chi connectivity index (χ0v) is 13.2. The van der Waals surface area contributed by atoms with Crippen LogP contribution in [-0.4, -0.2) is 26.9 Å². The maximum Gasteiger partial charge on any atom is 0.149 e. The molecule has 0 amide bonds. The molecular weight excluding hydrogens is 300 g/mol. The summed E-state index contributed by atoms with van der Waals surface area (Å²) in [6.45, 7) is 2.18. The first-order chi connectivity index (χ1) is 10.2. The molecule has 1 atom stereocenters. The zero-order valence-electron chi connectivity index (χ0n) is 11.5. The second-order valence-electron chi connectivity index (χ2n) is 5.15. The van der Waals surface area contributed by atoms with Crippen molar-refractivity contribution in [2.45, 2.75) is 19.4 Å². The number of fused-ring (bicyclic) bond motifs is 3. The fourth-order valence-corrected chi connectivity index (χ4v) is 4.88. The lowest BCUT2D eigenvalue weighted by Crippen LogP contribution is -1.99. The van der Waals surface area contributed by atoms with E-state index in [1.165, 1.54) is 4.70 Å². The number of hydrogen-bond acceptors (Lipinski definition) is 5. The molecule has 0 saturated carbocycles. The fraction of sp³-hybridized carbons (Fsp3) is 0.250. The van der Waals surface area contributed by atoms with Crippen LogP contribution >= 0.6 is 23.1 Å². The average molecular weight is 314 g/mol. The Hall–Kier alpha value is -1.59. The number of thioether (sulfide) groups is 1. The van der Waals surface area contributed by atoms with Crippen LogP contribution in [0.4, 0.5) is 0 Å². The van der Waals surface area contributed by atoms with Crippen molar-refractivity contribution in [3.63, 3.8) is 0 Å². The third-order valence-electron chi connectivity index (χ3n) is 3.72. The van der Waals surface area contributed by atoms with Crippen molar-refractivity contribution in [1.29, 1.82) is 0 Å². The number of nitrogens with zero attached hydrogens (tertiary/aromatic N) is 2. The van der Waals surface area contributed by atoms with Gasteiger partial charge in [-0.25, -0.2) is 4.98 Å². The van der Waals surface area contributed by atoms with Gasteiger partial charge in [-0.3, -0.25) is 4.99 Å². The zero-order chi connectivity index (χ0) is 14.4. The van der Waals surface area contributed by atoms with Gasteiger partial charge < -0.3 is 5.11 Å². The molecule has 21 heavy (non-hydrogen) atoms. The first-order valence-electron chi connectivity index (χ1n) is 6.98. The number of phenolic OH excluding ortho intramolecular Hbond substituents is 1. The van der Waals surface area contributed by atoms with Gasteiger partial charge >= 0.3 is 0 Å². The van der Waals surface area contributed by atoms with Crippen LogP contribution in [0.1, 0.15) is 18.4 Å². The molecule has 0 spiro atoms. The van der Waals surface area contributed by atoms with Gasteiger partial charge in [0, 0.05) is 11.1 Å². The molecule has 2 aromatic carbocycles. The molecule has 2 heterocycles. The lowest BCUT2D eigenvalue weighted by Gasteiger charge is -1.98. The van der Waals surface area contributed by atoms with E-state index in [-0.39, 0.29) is 0 Å². The second kappa shape index (κ2) is 5.00.